The summed E-state index contributed by atoms with van der Waals surface area (Å²) in [5, 5.41) is 0. The van der Waals surface area contributed by atoms with Gasteiger partial charge in [-0.1, -0.05) is 31.6 Å². The number of unbranched alkanes of at least 4 members (excludes halogenated alkanes) is 1. The number of hydrogen-bond donors (Lipinski definition) is 0. The van der Waals surface area contributed by atoms with Gasteiger partial charge in [0.05, 0.1) is 5.60 Å². The molecule has 1 radical (unpaired) electrons. The van der Waals surface area contributed by atoms with E-state index in [4.69, 9.17) is 4.74 Å². The quantitative estimate of drug-likeness (QED) is 0.319. The van der Waals surface area contributed by atoms with Crippen LogP contribution in [0.15, 0.2) is 41.5 Å². The molecule has 1 unspecified atom stereocenters. The normalized spacial score (nSPS) is 22.6. The van der Waals surface area contributed by atoms with Gasteiger partial charge in [0.25, 0.3) is 0 Å². The van der Waals surface area contributed by atoms with Gasteiger partial charge in [0, 0.05) is 6.61 Å². The molecule has 0 aromatic heterocycles. The predicted molar refractivity (Wildman–Crippen MR) is 76.2 cm³/mol. The summed E-state index contributed by atoms with van der Waals surface area (Å²) in [6.45, 7) is 5.25. The molecule has 115 valence electrons. The van der Waals surface area contributed by atoms with Crippen molar-refractivity contribution in [3.63, 3.8) is 0 Å². The van der Waals surface area contributed by atoms with Crippen LogP contribution in [0.4, 0.5) is 0 Å². The summed E-state index contributed by atoms with van der Waals surface area (Å²) in [4.78, 5) is 0. The molecule has 0 bridgehead atoms. The summed E-state index contributed by atoms with van der Waals surface area (Å²) in [6.07, 6.45) is 19.5. The van der Waals surface area contributed by atoms with Crippen LogP contribution in [0.3, 0.4) is 0 Å². The number of rotatable bonds is 6. The minimum atomic E-state index is -0.124. The molecule has 2 rings (SSSR count). The average molecular weight is 362 g/mol. The number of hydrogen-bond acceptors (Lipinski definition) is 1. The minimum Gasteiger partial charge on any atom is -1.00 e. The van der Waals surface area contributed by atoms with E-state index >= 15 is 0 Å². The first-order chi connectivity index (χ1) is 8.77. The molecule has 4 heteroatoms. The van der Waals surface area contributed by atoms with Gasteiger partial charge in [-0.2, -0.15) is 6.08 Å². The van der Waals surface area contributed by atoms with Crippen LogP contribution in [0.1, 0.15) is 46.0 Å². The standard InChI is InChI=1S/C17H23O.2ClH.Ti/c1-3-4-13-18-17(12-8-7-9-15(17)2)14-16-10-5-6-11-16;;;/h5,7-10H,3-4,6,12-14H2,1-2H3;2*1H;/q-1;;;+3/p-2. The van der Waals surface area contributed by atoms with Crippen molar-refractivity contribution in [3.05, 3.63) is 47.6 Å². The smallest absolute Gasteiger partial charge is 1.00 e. The van der Waals surface area contributed by atoms with Crippen molar-refractivity contribution in [2.75, 3.05) is 6.61 Å². The summed E-state index contributed by atoms with van der Waals surface area (Å²) >= 11 is 0. The van der Waals surface area contributed by atoms with Crippen molar-refractivity contribution >= 4 is 0 Å². The van der Waals surface area contributed by atoms with E-state index in [0.29, 0.717) is 0 Å². The van der Waals surface area contributed by atoms with Crippen LogP contribution in [-0.4, -0.2) is 12.2 Å². The molecular formula is C17H23Cl2OTi. The molecule has 0 saturated carbocycles. The second-order valence-electron chi connectivity index (χ2n) is 5.16. The zero-order valence-electron chi connectivity index (χ0n) is 12.8. The fourth-order valence-corrected chi connectivity index (χ4v) is 2.51. The molecule has 2 aliphatic rings. The summed E-state index contributed by atoms with van der Waals surface area (Å²) in [6, 6.07) is 0. The third-order valence-corrected chi connectivity index (χ3v) is 3.77. The van der Waals surface area contributed by atoms with Gasteiger partial charge in [-0.05, 0) is 31.8 Å². The maximum atomic E-state index is 6.27. The second kappa shape index (κ2) is 11.7. The van der Waals surface area contributed by atoms with Crippen molar-refractivity contribution in [1.82, 2.24) is 0 Å². The Morgan fingerprint density at radius 3 is 2.62 bits per heavy atom. The summed E-state index contributed by atoms with van der Waals surface area (Å²) in [7, 11) is 0. The molecule has 0 spiro atoms. The van der Waals surface area contributed by atoms with E-state index in [2.05, 4.69) is 50.3 Å². The van der Waals surface area contributed by atoms with E-state index in [-0.39, 0.29) is 52.1 Å². The van der Waals surface area contributed by atoms with Crippen molar-refractivity contribution < 1.29 is 51.3 Å². The zero-order valence-corrected chi connectivity index (χ0v) is 15.9. The molecule has 0 aliphatic heterocycles. The van der Waals surface area contributed by atoms with E-state index < -0.39 is 0 Å². The maximum absolute atomic E-state index is 6.27. The van der Waals surface area contributed by atoms with Gasteiger partial charge in [0.15, 0.2) is 0 Å². The maximum Gasteiger partial charge on any atom is 3.00 e. The van der Waals surface area contributed by atoms with Crippen LogP contribution < -0.4 is 24.8 Å². The molecule has 0 N–H and O–H groups in total. The fourth-order valence-electron chi connectivity index (χ4n) is 2.51. The third-order valence-electron chi connectivity index (χ3n) is 3.77. The van der Waals surface area contributed by atoms with Gasteiger partial charge < -0.3 is 29.6 Å². The fraction of sp³-hybridized carbons (Fsp3) is 0.529. The number of halogens is 2. The Hall–Kier alpha value is 0.214. The molecule has 0 amide bonds. The van der Waals surface area contributed by atoms with Crippen molar-refractivity contribution in [3.8, 4) is 0 Å². The van der Waals surface area contributed by atoms with Crippen LogP contribution in [0, 0.1) is 6.08 Å². The third kappa shape index (κ3) is 6.46. The summed E-state index contributed by atoms with van der Waals surface area (Å²) in [5.74, 6) is 0. The largest absolute Gasteiger partial charge is 3.00 e. The van der Waals surface area contributed by atoms with Gasteiger partial charge in [-0.3, -0.25) is 6.08 Å². The Labute approximate surface area is 156 Å². The molecule has 21 heavy (non-hydrogen) atoms. The van der Waals surface area contributed by atoms with Crippen molar-refractivity contribution in [1.29, 1.82) is 0 Å². The van der Waals surface area contributed by atoms with E-state index in [0.717, 1.165) is 32.3 Å². The molecule has 0 aromatic rings. The van der Waals surface area contributed by atoms with Crippen LogP contribution >= 0.6 is 0 Å². The Morgan fingerprint density at radius 2 is 2.05 bits per heavy atom. The first kappa shape index (κ1) is 23.5. The van der Waals surface area contributed by atoms with Crippen molar-refractivity contribution in [2.45, 2.75) is 51.6 Å². The molecule has 1 nitrogen and oxygen atoms in total. The zero-order chi connectivity index (χ0) is 12.8. The van der Waals surface area contributed by atoms with Gasteiger partial charge in [0.1, 0.15) is 0 Å². The second-order valence-corrected chi connectivity index (χ2v) is 5.16. The van der Waals surface area contributed by atoms with E-state index in [1.807, 2.05) is 0 Å². The van der Waals surface area contributed by atoms with Gasteiger partial charge >= 0.3 is 21.7 Å². The predicted octanol–water partition coefficient (Wildman–Crippen LogP) is -1.47. The molecule has 2 aliphatic carbocycles. The first-order valence-corrected chi connectivity index (χ1v) is 7.01. The van der Waals surface area contributed by atoms with Gasteiger partial charge in [-0.25, -0.2) is 11.6 Å². The topological polar surface area (TPSA) is 9.23 Å². The Balaban J connectivity index is 0. The van der Waals surface area contributed by atoms with Crippen LogP contribution in [-0.2, 0) is 26.5 Å². The number of ether oxygens (including phenoxy) is 1. The van der Waals surface area contributed by atoms with Crippen molar-refractivity contribution in [2.24, 2.45) is 0 Å². The molecule has 0 aromatic carbocycles. The Morgan fingerprint density at radius 1 is 1.29 bits per heavy atom. The molecular weight excluding hydrogens is 339 g/mol. The Bertz CT molecular complexity index is 413. The van der Waals surface area contributed by atoms with E-state index in [1.54, 1.807) is 0 Å². The summed E-state index contributed by atoms with van der Waals surface area (Å²) in [5.41, 5.74) is 2.52. The Kier molecular flexibility index (Phi) is 13.1. The average Bonchev–Trinajstić information content (AvgIpc) is 2.86. The molecule has 0 heterocycles. The van der Waals surface area contributed by atoms with Crippen LogP contribution in [0.2, 0.25) is 0 Å². The monoisotopic (exact) mass is 361 g/mol. The SMILES string of the molecule is CCCCOC1(CC2=[C-]CC=C2)CC=CC=C1C.[Cl-].[Cl-].[Ti+3]. The molecule has 0 saturated heterocycles. The van der Waals surface area contributed by atoms with Crippen LogP contribution in [0.5, 0.6) is 0 Å². The summed E-state index contributed by atoms with van der Waals surface area (Å²) < 4.78 is 6.27. The molecule has 0 fully saturated rings. The van der Waals surface area contributed by atoms with Gasteiger partial charge in [-0.15, -0.1) is 6.42 Å². The van der Waals surface area contributed by atoms with E-state index in [1.165, 1.54) is 17.6 Å². The van der Waals surface area contributed by atoms with Crippen LogP contribution in [0.25, 0.3) is 0 Å². The minimum absolute atomic E-state index is 0. The van der Waals surface area contributed by atoms with E-state index in [9.17, 15) is 0 Å². The molecule has 1 atom stereocenters. The van der Waals surface area contributed by atoms with Gasteiger partial charge in [0.2, 0.25) is 0 Å². The number of allylic oxidation sites excluding steroid dienone is 5. The first-order valence-electron chi connectivity index (χ1n) is 7.01.